The first-order valence-electron chi connectivity index (χ1n) is 12.2. The van der Waals surface area contributed by atoms with Gasteiger partial charge in [-0.15, -0.1) is 0 Å². The van der Waals surface area contributed by atoms with E-state index in [4.69, 9.17) is 9.47 Å². The van der Waals surface area contributed by atoms with Crippen LogP contribution in [-0.2, 0) is 31.9 Å². The molecule has 0 aromatic heterocycles. The number of unbranched alkanes of at least 4 members (excludes halogenated alkanes) is 2. The Balaban J connectivity index is 2.10. The molecule has 0 aliphatic rings. The van der Waals surface area contributed by atoms with Gasteiger partial charge < -0.3 is 19.7 Å². The highest BCUT2D eigenvalue weighted by atomic mass is 16.6. The van der Waals surface area contributed by atoms with Crippen LogP contribution in [0.15, 0.2) is 48.5 Å². The normalized spacial score (nSPS) is 13.3. The fourth-order valence-electron chi connectivity index (χ4n) is 3.56. The molecule has 0 heterocycles. The maximum atomic E-state index is 12.6. The van der Waals surface area contributed by atoms with Crippen molar-refractivity contribution in [2.45, 2.75) is 71.5 Å². The highest BCUT2D eigenvalue weighted by molar-refractivity contribution is 5.95. The van der Waals surface area contributed by atoms with Crippen molar-refractivity contribution in [3.8, 4) is 0 Å². The third kappa shape index (κ3) is 8.52. The largest absolute Gasteiger partial charge is 0.478 e. The summed E-state index contributed by atoms with van der Waals surface area (Å²) in [4.78, 5) is 48.7. The van der Waals surface area contributed by atoms with Crippen molar-refractivity contribution in [1.29, 1.82) is 0 Å². The van der Waals surface area contributed by atoms with Crippen molar-refractivity contribution < 1.29 is 38.9 Å². The van der Waals surface area contributed by atoms with Crippen LogP contribution in [0.3, 0.4) is 0 Å². The smallest absolute Gasteiger partial charge is 0.349 e. The molecule has 1 unspecified atom stereocenters. The predicted molar refractivity (Wildman–Crippen MR) is 133 cm³/mol. The summed E-state index contributed by atoms with van der Waals surface area (Å²) in [7, 11) is 0. The van der Waals surface area contributed by atoms with Crippen LogP contribution in [0.25, 0.3) is 0 Å². The van der Waals surface area contributed by atoms with E-state index in [1.807, 2.05) is 0 Å². The molecular weight excluding hydrogens is 464 g/mol. The Bertz CT molecular complexity index is 1030. The van der Waals surface area contributed by atoms with E-state index in [-0.39, 0.29) is 11.1 Å². The Morgan fingerprint density at radius 3 is 1.56 bits per heavy atom. The van der Waals surface area contributed by atoms with E-state index in [1.165, 1.54) is 24.3 Å². The maximum absolute atomic E-state index is 12.6. The summed E-state index contributed by atoms with van der Waals surface area (Å²) in [6.07, 6.45) is 1.38. The second-order valence-electron chi connectivity index (χ2n) is 8.90. The van der Waals surface area contributed by atoms with E-state index < -0.39 is 36.1 Å². The molecule has 0 radical (unpaired) electrons. The molecule has 8 nitrogen and oxygen atoms in total. The Morgan fingerprint density at radius 2 is 1.17 bits per heavy atom. The molecule has 2 N–H and O–H groups in total. The van der Waals surface area contributed by atoms with Crippen molar-refractivity contribution in [2.24, 2.45) is 5.92 Å². The van der Waals surface area contributed by atoms with Gasteiger partial charge in [0.2, 0.25) is 12.2 Å². The molecule has 3 atom stereocenters. The van der Waals surface area contributed by atoms with Crippen LogP contribution in [0.2, 0.25) is 0 Å². The first-order valence-corrected chi connectivity index (χ1v) is 12.2. The number of carboxylic acid groups (broad SMARTS) is 2. The minimum atomic E-state index is -2.23. The standard InChI is InChI=1S/C28H34O8/c1-4-6-7-8-19-9-13-21(14-10-19)27(33)35-23(25(29)30)24(26(31)32)36-28(34)22-15-11-20(12-16-22)17-18(3)5-2/h9-16,18,23-24H,4-8,17H2,1-3H3,(H,29,30)(H,31,32)/t18?,23-,24-/m0/s1. The highest BCUT2D eigenvalue weighted by Crippen LogP contribution is 2.17. The van der Waals surface area contributed by atoms with Gasteiger partial charge in [0.25, 0.3) is 0 Å². The Morgan fingerprint density at radius 1 is 0.722 bits per heavy atom. The first-order chi connectivity index (χ1) is 17.2. The lowest BCUT2D eigenvalue weighted by Gasteiger charge is -2.21. The maximum Gasteiger partial charge on any atom is 0.349 e. The van der Waals surface area contributed by atoms with Gasteiger partial charge >= 0.3 is 23.9 Å². The average molecular weight is 499 g/mol. The summed E-state index contributed by atoms with van der Waals surface area (Å²) < 4.78 is 9.95. The molecule has 0 aliphatic carbocycles. The SMILES string of the molecule is CCCCCc1ccc(C(=O)O[C@H](C(=O)O)[C@H](OC(=O)c2ccc(CC(C)CC)cc2)C(=O)O)cc1. The number of rotatable bonds is 14. The molecule has 0 saturated carbocycles. The summed E-state index contributed by atoms with van der Waals surface area (Å²) in [5.74, 6) is -5.09. The third-order valence-corrected chi connectivity index (χ3v) is 5.96. The van der Waals surface area contributed by atoms with Gasteiger partial charge in [-0.2, -0.15) is 0 Å². The monoisotopic (exact) mass is 498 g/mol. The fourth-order valence-corrected chi connectivity index (χ4v) is 3.56. The number of benzene rings is 2. The molecule has 0 amide bonds. The Hall–Kier alpha value is -3.68. The van der Waals surface area contributed by atoms with Gasteiger partial charge in [0.15, 0.2) is 0 Å². The zero-order chi connectivity index (χ0) is 26.7. The van der Waals surface area contributed by atoms with Crippen LogP contribution in [0.1, 0.15) is 78.3 Å². The fraction of sp³-hybridized carbons (Fsp3) is 0.429. The van der Waals surface area contributed by atoms with Crippen molar-refractivity contribution in [1.82, 2.24) is 0 Å². The topological polar surface area (TPSA) is 127 Å². The molecule has 2 rings (SSSR count). The molecule has 194 valence electrons. The number of hydrogen-bond donors (Lipinski definition) is 2. The van der Waals surface area contributed by atoms with E-state index in [9.17, 15) is 29.4 Å². The lowest BCUT2D eigenvalue weighted by Crippen LogP contribution is -2.45. The third-order valence-electron chi connectivity index (χ3n) is 5.96. The summed E-state index contributed by atoms with van der Waals surface area (Å²) in [6, 6.07) is 12.9. The lowest BCUT2D eigenvalue weighted by atomic mass is 9.98. The second-order valence-corrected chi connectivity index (χ2v) is 8.90. The van der Waals surface area contributed by atoms with Gasteiger partial charge in [-0.05, 0) is 60.6 Å². The van der Waals surface area contributed by atoms with E-state index in [2.05, 4.69) is 20.8 Å². The molecule has 2 aromatic carbocycles. The number of hydrogen-bond acceptors (Lipinski definition) is 6. The molecule has 0 spiro atoms. The summed E-state index contributed by atoms with van der Waals surface area (Å²) >= 11 is 0. The molecule has 2 aromatic rings. The van der Waals surface area contributed by atoms with Crippen LogP contribution in [-0.4, -0.2) is 46.3 Å². The highest BCUT2D eigenvalue weighted by Gasteiger charge is 2.41. The zero-order valence-corrected chi connectivity index (χ0v) is 20.9. The zero-order valence-electron chi connectivity index (χ0n) is 20.9. The van der Waals surface area contributed by atoms with Gasteiger partial charge in [0.05, 0.1) is 11.1 Å². The molecular formula is C28H34O8. The van der Waals surface area contributed by atoms with Crippen LogP contribution in [0.5, 0.6) is 0 Å². The predicted octanol–water partition coefficient (Wildman–Crippen LogP) is 4.93. The van der Waals surface area contributed by atoms with Crippen molar-refractivity contribution in [3.63, 3.8) is 0 Å². The second kappa shape index (κ2) is 14.0. The molecule has 36 heavy (non-hydrogen) atoms. The average Bonchev–Trinajstić information content (AvgIpc) is 2.86. The van der Waals surface area contributed by atoms with Crippen LogP contribution >= 0.6 is 0 Å². The summed E-state index contributed by atoms with van der Waals surface area (Å²) in [6.45, 7) is 6.29. The quantitative estimate of drug-likeness (QED) is 0.277. The van der Waals surface area contributed by atoms with Crippen molar-refractivity contribution in [3.05, 3.63) is 70.8 Å². The Labute approximate surface area is 211 Å². The molecule has 0 aliphatic heterocycles. The minimum absolute atomic E-state index is 0.0586. The number of aryl methyl sites for hydroxylation is 1. The molecule has 0 bridgehead atoms. The molecule has 8 heteroatoms. The van der Waals surface area contributed by atoms with Gasteiger partial charge in [-0.25, -0.2) is 19.2 Å². The van der Waals surface area contributed by atoms with Gasteiger partial charge in [-0.1, -0.05) is 64.3 Å². The number of esters is 2. The van der Waals surface area contributed by atoms with E-state index in [0.717, 1.165) is 49.7 Å². The first kappa shape index (κ1) is 28.6. The van der Waals surface area contributed by atoms with Gasteiger partial charge in [0, 0.05) is 0 Å². The number of aliphatic carboxylic acids is 2. The molecule has 0 fully saturated rings. The summed E-state index contributed by atoms with van der Waals surface area (Å²) in [5, 5.41) is 19.1. The van der Waals surface area contributed by atoms with Gasteiger partial charge in [-0.3, -0.25) is 0 Å². The van der Waals surface area contributed by atoms with E-state index >= 15 is 0 Å². The van der Waals surface area contributed by atoms with Crippen LogP contribution < -0.4 is 0 Å². The number of carboxylic acids is 2. The molecule has 0 saturated heterocycles. The number of ether oxygens (including phenoxy) is 2. The minimum Gasteiger partial charge on any atom is -0.478 e. The summed E-state index contributed by atoms with van der Waals surface area (Å²) in [5.41, 5.74) is 2.14. The van der Waals surface area contributed by atoms with Crippen LogP contribution in [0.4, 0.5) is 0 Å². The van der Waals surface area contributed by atoms with Crippen LogP contribution in [0, 0.1) is 5.92 Å². The van der Waals surface area contributed by atoms with E-state index in [0.29, 0.717) is 5.92 Å². The van der Waals surface area contributed by atoms with E-state index in [1.54, 1.807) is 24.3 Å². The van der Waals surface area contributed by atoms with Crippen molar-refractivity contribution in [2.75, 3.05) is 0 Å². The lowest BCUT2D eigenvalue weighted by molar-refractivity contribution is -0.166. The Kier molecular flexibility index (Phi) is 11.1. The van der Waals surface area contributed by atoms with Crippen molar-refractivity contribution >= 4 is 23.9 Å². The number of carbonyl (C=O) groups is 4. The van der Waals surface area contributed by atoms with Gasteiger partial charge in [0.1, 0.15) is 0 Å². The number of carbonyl (C=O) groups excluding carboxylic acids is 2.